The van der Waals surface area contributed by atoms with Crippen molar-refractivity contribution in [1.82, 2.24) is 5.32 Å². The molecule has 1 aromatic rings. The zero-order chi connectivity index (χ0) is 13.6. The molecule has 5 nitrogen and oxygen atoms in total. The molecule has 2 N–H and O–H groups in total. The summed E-state index contributed by atoms with van der Waals surface area (Å²) in [4.78, 5) is 23.0. The van der Waals surface area contributed by atoms with E-state index in [1.54, 1.807) is 44.2 Å². The number of aliphatic carboxylic acids is 1. The van der Waals surface area contributed by atoms with Gasteiger partial charge >= 0.3 is 12.1 Å². The Labute approximate surface area is 106 Å². The van der Waals surface area contributed by atoms with E-state index in [4.69, 9.17) is 4.74 Å². The van der Waals surface area contributed by atoms with Gasteiger partial charge in [0.25, 0.3) is 0 Å². The van der Waals surface area contributed by atoms with Crippen LogP contribution in [0.4, 0.5) is 4.79 Å². The molecule has 0 aromatic heterocycles. The van der Waals surface area contributed by atoms with Gasteiger partial charge in [-0.1, -0.05) is 37.3 Å². The molecule has 0 spiro atoms. The first kappa shape index (κ1) is 14.0. The van der Waals surface area contributed by atoms with Gasteiger partial charge in [0.15, 0.2) is 5.54 Å². The lowest BCUT2D eigenvalue weighted by Gasteiger charge is -2.29. The van der Waals surface area contributed by atoms with Crippen molar-refractivity contribution in [2.24, 2.45) is 0 Å². The van der Waals surface area contributed by atoms with Gasteiger partial charge in [-0.15, -0.1) is 0 Å². The Balaban J connectivity index is 3.10. The molecule has 0 aliphatic rings. The van der Waals surface area contributed by atoms with Crippen molar-refractivity contribution in [3.05, 3.63) is 35.9 Å². The lowest BCUT2D eigenvalue weighted by Crippen LogP contribution is -2.51. The van der Waals surface area contributed by atoms with Crippen LogP contribution in [0, 0.1) is 0 Å². The number of carbonyl (C=O) groups excluding carboxylic acids is 1. The first-order chi connectivity index (χ1) is 8.56. The standard InChI is InChI=1S/C13H17NO4/c1-3-13(11(15)16,14-12(17)18-4-2)10-8-6-5-7-9-10/h5-9H,3-4H2,1-2H3,(H,14,17)(H,15,16)/t13-/m0/s1. The summed E-state index contributed by atoms with van der Waals surface area (Å²) in [5.74, 6) is -1.11. The molecule has 0 saturated carbocycles. The smallest absolute Gasteiger partial charge is 0.408 e. The minimum atomic E-state index is -1.45. The number of carboxylic acids is 1. The molecular formula is C13H17NO4. The van der Waals surface area contributed by atoms with Crippen LogP contribution in [0.15, 0.2) is 30.3 Å². The Bertz CT molecular complexity index is 418. The van der Waals surface area contributed by atoms with Crippen LogP contribution in [-0.2, 0) is 15.1 Å². The highest BCUT2D eigenvalue weighted by atomic mass is 16.5. The molecule has 0 fully saturated rings. The highest BCUT2D eigenvalue weighted by molar-refractivity contribution is 5.85. The van der Waals surface area contributed by atoms with Crippen molar-refractivity contribution < 1.29 is 19.4 Å². The summed E-state index contributed by atoms with van der Waals surface area (Å²) >= 11 is 0. The lowest BCUT2D eigenvalue weighted by atomic mass is 9.87. The van der Waals surface area contributed by atoms with E-state index in [0.717, 1.165) is 0 Å². The maximum absolute atomic E-state index is 11.5. The van der Waals surface area contributed by atoms with E-state index in [1.165, 1.54) is 0 Å². The highest BCUT2D eigenvalue weighted by Gasteiger charge is 2.40. The maximum Gasteiger partial charge on any atom is 0.408 e. The quantitative estimate of drug-likeness (QED) is 0.840. The van der Waals surface area contributed by atoms with Gasteiger partial charge < -0.3 is 15.2 Å². The van der Waals surface area contributed by atoms with Crippen LogP contribution in [0.25, 0.3) is 0 Å². The first-order valence-corrected chi connectivity index (χ1v) is 5.80. The molecule has 0 bridgehead atoms. The van der Waals surface area contributed by atoms with Crippen LogP contribution in [0.2, 0.25) is 0 Å². The third kappa shape index (κ3) is 2.80. The molecular weight excluding hydrogens is 234 g/mol. The third-order valence-electron chi connectivity index (χ3n) is 2.75. The van der Waals surface area contributed by atoms with Crippen molar-refractivity contribution in [2.45, 2.75) is 25.8 Å². The van der Waals surface area contributed by atoms with Crippen LogP contribution in [0.5, 0.6) is 0 Å². The van der Waals surface area contributed by atoms with E-state index in [1.807, 2.05) is 0 Å². The molecule has 98 valence electrons. The fourth-order valence-corrected chi connectivity index (χ4v) is 1.76. The van der Waals surface area contributed by atoms with Crippen LogP contribution in [-0.4, -0.2) is 23.8 Å². The molecule has 0 aliphatic heterocycles. The number of rotatable bonds is 5. The van der Waals surface area contributed by atoms with Crippen LogP contribution < -0.4 is 5.32 Å². The summed E-state index contributed by atoms with van der Waals surface area (Å²) < 4.78 is 4.76. The number of ether oxygens (including phenoxy) is 1. The Morgan fingerprint density at radius 2 is 1.89 bits per heavy atom. The van der Waals surface area contributed by atoms with Gasteiger partial charge in [-0.2, -0.15) is 0 Å². The van der Waals surface area contributed by atoms with Gasteiger partial charge in [-0.05, 0) is 18.9 Å². The van der Waals surface area contributed by atoms with E-state index in [0.29, 0.717) is 5.56 Å². The summed E-state index contributed by atoms with van der Waals surface area (Å²) in [5.41, 5.74) is -0.930. The normalized spacial score (nSPS) is 13.4. The summed E-state index contributed by atoms with van der Waals surface area (Å²) in [5, 5.41) is 11.9. The second kappa shape index (κ2) is 6.05. The summed E-state index contributed by atoms with van der Waals surface area (Å²) in [7, 11) is 0. The topological polar surface area (TPSA) is 75.6 Å². The molecule has 5 heteroatoms. The van der Waals surface area contributed by atoms with Gasteiger partial charge in [0, 0.05) is 0 Å². The van der Waals surface area contributed by atoms with Crippen molar-refractivity contribution in [2.75, 3.05) is 6.61 Å². The minimum Gasteiger partial charge on any atom is -0.479 e. The van der Waals surface area contributed by atoms with Gasteiger partial charge in [0.2, 0.25) is 0 Å². The monoisotopic (exact) mass is 251 g/mol. The largest absolute Gasteiger partial charge is 0.479 e. The van der Waals surface area contributed by atoms with E-state index >= 15 is 0 Å². The lowest BCUT2D eigenvalue weighted by molar-refractivity contribution is -0.145. The number of benzene rings is 1. The van der Waals surface area contributed by atoms with Gasteiger partial charge in [0.05, 0.1) is 6.61 Å². The SMILES string of the molecule is CCOC(=O)N[C@](CC)(C(=O)O)c1ccccc1. The van der Waals surface area contributed by atoms with Gasteiger partial charge in [-0.25, -0.2) is 9.59 Å². The minimum absolute atomic E-state index is 0.194. The molecule has 1 amide bonds. The summed E-state index contributed by atoms with van der Waals surface area (Å²) in [6.07, 6.45) is -0.504. The van der Waals surface area contributed by atoms with Crippen molar-refractivity contribution in [1.29, 1.82) is 0 Å². The zero-order valence-corrected chi connectivity index (χ0v) is 10.5. The molecule has 1 atom stereocenters. The van der Waals surface area contributed by atoms with Crippen LogP contribution in [0.3, 0.4) is 0 Å². The first-order valence-electron chi connectivity index (χ1n) is 5.80. The molecule has 0 unspecified atom stereocenters. The third-order valence-corrected chi connectivity index (χ3v) is 2.75. The van der Waals surface area contributed by atoms with Crippen molar-refractivity contribution >= 4 is 12.1 Å². The second-order valence-electron chi connectivity index (χ2n) is 3.78. The number of nitrogens with one attached hydrogen (secondary N) is 1. The molecule has 1 aromatic carbocycles. The fraction of sp³-hybridized carbons (Fsp3) is 0.385. The molecule has 18 heavy (non-hydrogen) atoms. The predicted octanol–water partition coefficient (Wildman–Crippen LogP) is 2.12. The number of alkyl carbamates (subject to hydrolysis) is 1. The Hall–Kier alpha value is -2.04. The number of hydrogen-bond donors (Lipinski definition) is 2. The van der Waals surface area contributed by atoms with Gasteiger partial charge in [-0.3, -0.25) is 0 Å². The van der Waals surface area contributed by atoms with Crippen molar-refractivity contribution in [3.63, 3.8) is 0 Å². The molecule has 0 aliphatic carbocycles. The summed E-state index contributed by atoms with van der Waals surface area (Å²) in [6, 6.07) is 8.59. The Morgan fingerprint density at radius 3 is 2.33 bits per heavy atom. The Morgan fingerprint density at radius 1 is 1.28 bits per heavy atom. The molecule has 1 rings (SSSR count). The highest BCUT2D eigenvalue weighted by Crippen LogP contribution is 2.25. The zero-order valence-electron chi connectivity index (χ0n) is 10.5. The van der Waals surface area contributed by atoms with E-state index in [-0.39, 0.29) is 13.0 Å². The number of carboxylic acid groups (broad SMARTS) is 1. The molecule has 0 radical (unpaired) electrons. The predicted molar refractivity (Wildman–Crippen MR) is 66.2 cm³/mol. The van der Waals surface area contributed by atoms with E-state index in [9.17, 15) is 14.7 Å². The number of amides is 1. The second-order valence-corrected chi connectivity index (χ2v) is 3.78. The van der Waals surface area contributed by atoms with Crippen LogP contribution >= 0.6 is 0 Å². The van der Waals surface area contributed by atoms with Crippen molar-refractivity contribution in [3.8, 4) is 0 Å². The summed E-state index contributed by atoms with van der Waals surface area (Å²) in [6.45, 7) is 3.56. The number of carbonyl (C=O) groups is 2. The molecule has 0 saturated heterocycles. The average molecular weight is 251 g/mol. The average Bonchev–Trinajstić information content (AvgIpc) is 2.37. The van der Waals surface area contributed by atoms with Crippen LogP contribution in [0.1, 0.15) is 25.8 Å². The Kier molecular flexibility index (Phi) is 4.71. The van der Waals surface area contributed by atoms with Gasteiger partial charge in [0.1, 0.15) is 0 Å². The van der Waals surface area contributed by atoms with E-state index < -0.39 is 17.6 Å². The van der Waals surface area contributed by atoms with E-state index in [2.05, 4.69) is 5.32 Å². The fourth-order valence-electron chi connectivity index (χ4n) is 1.76. The molecule has 0 heterocycles. The maximum atomic E-state index is 11.5. The number of hydrogen-bond acceptors (Lipinski definition) is 3.